The summed E-state index contributed by atoms with van der Waals surface area (Å²) in [7, 11) is -1.47. The molecule has 0 N–H and O–H groups in total. The highest BCUT2D eigenvalue weighted by molar-refractivity contribution is 7.92. The van der Waals surface area contributed by atoms with Gasteiger partial charge in [-0.05, 0) is 44.5 Å². The van der Waals surface area contributed by atoms with E-state index in [0.717, 1.165) is 37.8 Å². The molecule has 2 aliphatic heterocycles. The van der Waals surface area contributed by atoms with Crippen LogP contribution in [0.1, 0.15) is 18.4 Å². The Morgan fingerprint density at radius 2 is 1.96 bits per heavy atom. The second-order valence-electron chi connectivity index (χ2n) is 7.76. The van der Waals surface area contributed by atoms with Gasteiger partial charge < -0.3 is 14.5 Å². The number of carbonyl (C=O) groups excluding carboxylic acids is 1. The van der Waals surface area contributed by atoms with Gasteiger partial charge in [0.1, 0.15) is 6.54 Å². The van der Waals surface area contributed by atoms with Gasteiger partial charge in [0, 0.05) is 26.2 Å². The molecule has 0 aliphatic carbocycles. The average Bonchev–Trinajstić information content (AvgIpc) is 2.61. The summed E-state index contributed by atoms with van der Waals surface area (Å²) in [6, 6.07) is 7.21. The molecule has 0 radical (unpaired) electrons. The van der Waals surface area contributed by atoms with Crippen molar-refractivity contribution < 1.29 is 17.9 Å². The van der Waals surface area contributed by atoms with E-state index in [0.29, 0.717) is 25.4 Å². The van der Waals surface area contributed by atoms with Crippen molar-refractivity contribution in [3.05, 3.63) is 29.8 Å². The number of aryl methyl sites for hydroxylation is 1. The highest BCUT2D eigenvalue weighted by atomic mass is 32.2. The van der Waals surface area contributed by atoms with Crippen LogP contribution in [0.15, 0.2) is 24.3 Å². The molecular formula is C19H29N3O4S. The number of likely N-dealkylation sites (tertiary alicyclic amines) is 1. The number of ether oxygens (including phenoxy) is 1. The highest BCUT2D eigenvalue weighted by Gasteiger charge is 2.40. The van der Waals surface area contributed by atoms with Crippen LogP contribution in [-0.4, -0.2) is 82.4 Å². The van der Waals surface area contributed by atoms with Gasteiger partial charge in [0.05, 0.1) is 24.2 Å². The van der Waals surface area contributed by atoms with Crippen LogP contribution in [0.25, 0.3) is 0 Å². The second-order valence-corrected chi connectivity index (χ2v) is 9.67. The van der Waals surface area contributed by atoms with Gasteiger partial charge >= 0.3 is 0 Å². The van der Waals surface area contributed by atoms with E-state index in [1.54, 1.807) is 23.1 Å². The molecule has 1 spiro atoms. The van der Waals surface area contributed by atoms with E-state index in [2.05, 4.69) is 11.9 Å². The number of piperidine rings is 1. The third-order valence-corrected chi connectivity index (χ3v) is 6.61. The molecule has 0 atom stereocenters. The molecule has 2 heterocycles. The summed E-state index contributed by atoms with van der Waals surface area (Å²) in [5.41, 5.74) is 1.18. The summed E-state index contributed by atoms with van der Waals surface area (Å²) in [5, 5.41) is 0. The molecule has 0 bridgehead atoms. The van der Waals surface area contributed by atoms with E-state index in [4.69, 9.17) is 4.74 Å². The van der Waals surface area contributed by atoms with Crippen LogP contribution in [0.5, 0.6) is 0 Å². The third-order valence-electron chi connectivity index (χ3n) is 5.47. The zero-order valence-corrected chi connectivity index (χ0v) is 17.2. The molecule has 0 unspecified atom stereocenters. The van der Waals surface area contributed by atoms with Gasteiger partial charge in [0.15, 0.2) is 0 Å². The van der Waals surface area contributed by atoms with Crippen LogP contribution < -0.4 is 4.31 Å². The van der Waals surface area contributed by atoms with Crippen LogP contribution in [0.3, 0.4) is 0 Å². The Balaban J connectivity index is 1.74. The zero-order valence-electron chi connectivity index (χ0n) is 16.3. The first kappa shape index (κ1) is 20.1. The molecule has 1 aromatic carbocycles. The van der Waals surface area contributed by atoms with Gasteiger partial charge in [-0.15, -0.1) is 0 Å². The van der Waals surface area contributed by atoms with Gasteiger partial charge in [0.2, 0.25) is 15.9 Å². The molecule has 150 valence electrons. The summed E-state index contributed by atoms with van der Waals surface area (Å²) in [4.78, 5) is 17.0. The fraction of sp³-hybridized carbons (Fsp3) is 0.632. The minimum atomic E-state index is -3.56. The molecule has 3 rings (SSSR count). The maximum atomic E-state index is 13.0. The normalized spacial score (nSPS) is 20.6. The number of morpholine rings is 1. The summed E-state index contributed by atoms with van der Waals surface area (Å²) in [6.45, 7) is 5.14. The monoisotopic (exact) mass is 395 g/mol. The molecule has 1 amide bonds. The molecule has 2 fully saturated rings. The van der Waals surface area contributed by atoms with Gasteiger partial charge in [0.25, 0.3) is 0 Å². The number of rotatable bonds is 4. The fourth-order valence-electron chi connectivity index (χ4n) is 3.79. The van der Waals surface area contributed by atoms with Crippen molar-refractivity contribution in [3.63, 3.8) is 0 Å². The maximum absolute atomic E-state index is 13.0. The minimum Gasteiger partial charge on any atom is -0.371 e. The van der Waals surface area contributed by atoms with E-state index < -0.39 is 10.0 Å². The van der Waals surface area contributed by atoms with Crippen molar-refractivity contribution in [3.8, 4) is 0 Å². The summed E-state index contributed by atoms with van der Waals surface area (Å²) < 4.78 is 31.9. The Morgan fingerprint density at radius 1 is 1.26 bits per heavy atom. The lowest BCUT2D eigenvalue weighted by Crippen LogP contribution is -2.58. The SMILES string of the molecule is Cc1cccc(N(CC(=O)N2CCOC3(CCN(C)CC3)C2)S(C)(=O)=O)c1. The van der Waals surface area contributed by atoms with E-state index in [1.807, 2.05) is 13.0 Å². The van der Waals surface area contributed by atoms with Crippen molar-refractivity contribution in [2.45, 2.75) is 25.4 Å². The molecule has 0 saturated carbocycles. The third kappa shape index (κ3) is 4.80. The van der Waals surface area contributed by atoms with Crippen molar-refractivity contribution in [2.24, 2.45) is 0 Å². The zero-order chi connectivity index (χ0) is 19.7. The van der Waals surface area contributed by atoms with Gasteiger partial charge in [-0.3, -0.25) is 9.10 Å². The van der Waals surface area contributed by atoms with Crippen LogP contribution in [-0.2, 0) is 19.6 Å². The summed E-state index contributed by atoms with van der Waals surface area (Å²) in [6.07, 6.45) is 2.92. The van der Waals surface area contributed by atoms with Crippen LogP contribution >= 0.6 is 0 Å². The van der Waals surface area contributed by atoms with E-state index in [1.165, 1.54) is 4.31 Å². The number of amides is 1. The van der Waals surface area contributed by atoms with Crippen molar-refractivity contribution in [2.75, 3.05) is 56.9 Å². The number of hydrogen-bond donors (Lipinski definition) is 0. The van der Waals surface area contributed by atoms with Gasteiger partial charge in [-0.1, -0.05) is 12.1 Å². The standard InChI is InChI=1S/C19H29N3O4S/c1-16-5-4-6-17(13-16)22(27(3,24)25)14-18(23)21-11-12-26-19(15-21)7-9-20(2)10-8-19/h4-6,13H,7-12,14-15H2,1-3H3. The van der Waals surface area contributed by atoms with E-state index >= 15 is 0 Å². The number of benzene rings is 1. The maximum Gasteiger partial charge on any atom is 0.243 e. The van der Waals surface area contributed by atoms with Gasteiger partial charge in [-0.25, -0.2) is 8.42 Å². The number of sulfonamides is 1. The first-order valence-electron chi connectivity index (χ1n) is 9.33. The lowest BCUT2D eigenvalue weighted by atomic mass is 9.89. The topological polar surface area (TPSA) is 70.2 Å². The van der Waals surface area contributed by atoms with E-state index in [-0.39, 0.29) is 18.1 Å². The molecule has 7 nitrogen and oxygen atoms in total. The Bertz CT molecular complexity index is 788. The highest BCUT2D eigenvalue weighted by Crippen LogP contribution is 2.30. The number of anilines is 1. The Morgan fingerprint density at radius 3 is 2.59 bits per heavy atom. The Labute approximate surface area is 161 Å². The summed E-state index contributed by atoms with van der Waals surface area (Å²) >= 11 is 0. The largest absolute Gasteiger partial charge is 0.371 e. The smallest absolute Gasteiger partial charge is 0.243 e. The molecule has 8 heteroatoms. The lowest BCUT2D eigenvalue weighted by Gasteiger charge is -2.47. The lowest BCUT2D eigenvalue weighted by molar-refractivity contribution is -0.157. The number of hydrogen-bond acceptors (Lipinski definition) is 5. The quantitative estimate of drug-likeness (QED) is 0.763. The summed E-state index contributed by atoms with van der Waals surface area (Å²) in [5.74, 6) is -0.177. The fourth-order valence-corrected chi connectivity index (χ4v) is 4.63. The predicted octanol–water partition coefficient (Wildman–Crippen LogP) is 1.08. The molecule has 0 aromatic heterocycles. The Hall–Kier alpha value is -1.64. The van der Waals surface area contributed by atoms with Gasteiger partial charge in [-0.2, -0.15) is 0 Å². The second kappa shape index (κ2) is 7.77. The van der Waals surface area contributed by atoms with Crippen LogP contribution in [0, 0.1) is 6.92 Å². The van der Waals surface area contributed by atoms with Crippen molar-refractivity contribution in [1.29, 1.82) is 0 Å². The molecule has 2 saturated heterocycles. The first-order chi connectivity index (χ1) is 12.7. The molecule has 27 heavy (non-hydrogen) atoms. The minimum absolute atomic E-state index is 0.177. The van der Waals surface area contributed by atoms with Crippen LogP contribution in [0.4, 0.5) is 5.69 Å². The number of nitrogens with zero attached hydrogens (tertiary/aromatic N) is 3. The van der Waals surface area contributed by atoms with Crippen molar-refractivity contribution in [1.82, 2.24) is 9.80 Å². The molecule has 1 aromatic rings. The predicted molar refractivity (Wildman–Crippen MR) is 105 cm³/mol. The molecular weight excluding hydrogens is 366 g/mol. The Kier molecular flexibility index (Phi) is 5.79. The number of carbonyl (C=O) groups is 1. The van der Waals surface area contributed by atoms with E-state index in [9.17, 15) is 13.2 Å². The average molecular weight is 396 g/mol. The molecule has 2 aliphatic rings. The first-order valence-corrected chi connectivity index (χ1v) is 11.2. The van der Waals surface area contributed by atoms with Crippen LogP contribution in [0.2, 0.25) is 0 Å². The van der Waals surface area contributed by atoms with Crippen molar-refractivity contribution >= 4 is 21.6 Å².